The summed E-state index contributed by atoms with van der Waals surface area (Å²) in [6, 6.07) is 0. The Labute approximate surface area is 155 Å². The van der Waals surface area contributed by atoms with Crippen molar-refractivity contribution >= 4 is 43.5 Å². The van der Waals surface area contributed by atoms with Gasteiger partial charge in [-0.15, -0.1) is 0 Å². The summed E-state index contributed by atoms with van der Waals surface area (Å²) < 4.78 is -0.250. The van der Waals surface area contributed by atoms with Crippen molar-refractivity contribution in [1.82, 2.24) is 5.43 Å². The van der Waals surface area contributed by atoms with E-state index in [4.69, 9.17) is 0 Å². The molecule has 5 heteroatoms. The number of rotatable bonds is 4. The fourth-order valence-corrected chi connectivity index (χ4v) is 7.41. The van der Waals surface area contributed by atoms with Crippen LogP contribution in [0.4, 0.5) is 0 Å². The summed E-state index contributed by atoms with van der Waals surface area (Å²) in [4.78, 5) is 12.5. The van der Waals surface area contributed by atoms with Gasteiger partial charge in [-0.25, -0.2) is 5.43 Å². The SMILES string of the molecule is CCC(=NNC(=O)C1(C)CC1(Br)Br)C12CC3CC(CC(C3)C1)C2. The molecule has 5 fully saturated rings. The number of amides is 1. The van der Waals surface area contributed by atoms with Gasteiger partial charge in [0.05, 0.1) is 8.65 Å². The molecule has 0 aromatic heterocycles. The molecule has 0 aromatic rings. The predicted molar refractivity (Wildman–Crippen MR) is 99.8 cm³/mol. The molecule has 0 aliphatic heterocycles. The van der Waals surface area contributed by atoms with Gasteiger partial charge in [0.15, 0.2) is 0 Å². The van der Waals surface area contributed by atoms with Crippen LogP contribution in [0.5, 0.6) is 0 Å². The molecule has 128 valence electrons. The number of hydrogen-bond donors (Lipinski definition) is 1. The zero-order valence-corrected chi connectivity index (χ0v) is 17.2. The summed E-state index contributed by atoms with van der Waals surface area (Å²) >= 11 is 7.14. The lowest BCUT2D eigenvalue weighted by Gasteiger charge is -2.57. The Kier molecular flexibility index (Phi) is 3.81. The molecular weight excluding hydrogens is 420 g/mol. The van der Waals surface area contributed by atoms with E-state index in [0.717, 1.165) is 30.6 Å². The molecule has 5 aliphatic rings. The topological polar surface area (TPSA) is 41.5 Å². The Morgan fingerprint density at radius 2 is 1.61 bits per heavy atom. The molecule has 1 N–H and O–H groups in total. The average Bonchev–Trinajstić information content (AvgIpc) is 2.97. The van der Waals surface area contributed by atoms with Gasteiger partial charge < -0.3 is 0 Å². The van der Waals surface area contributed by atoms with E-state index in [1.54, 1.807) is 0 Å². The first-order chi connectivity index (χ1) is 10.8. The van der Waals surface area contributed by atoms with E-state index in [-0.39, 0.29) is 9.14 Å². The number of nitrogens with zero attached hydrogens (tertiary/aromatic N) is 1. The maximum Gasteiger partial charge on any atom is 0.248 e. The van der Waals surface area contributed by atoms with Gasteiger partial charge in [0, 0.05) is 11.1 Å². The summed E-state index contributed by atoms with van der Waals surface area (Å²) in [5.41, 5.74) is 4.06. The van der Waals surface area contributed by atoms with Crippen LogP contribution in [-0.2, 0) is 4.79 Å². The zero-order chi connectivity index (χ0) is 16.5. The molecule has 4 bridgehead atoms. The molecule has 0 aromatic carbocycles. The number of hydrogen-bond acceptors (Lipinski definition) is 2. The average molecular weight is 446 g/mol. The number of carbonyl (C=O) groups excluding carboxylic acids is 1. The third-order valence-electron chi connectivity index (χ3n) is 7.04. The highest BCUT2D eigenvalue weighted by Gasteiger charge is 2.66. The maximum atomic E-state index is 12.5. The van der Waals surface area contributed by atoms with Crippen molar-refractivity contribution in [3.8, 4) is 0 Å². The van der Waals surface area contributed by atoms with Gasteiger partial charge in [-0.3, -0.25) is 4.79 Å². The minimum absolute atomic E-state index is 0.0296. The Morgan fingerprint density at radius 1 is 1.13 bits per heavy atom. The highest BCUT2D eigenvalue weighted by Crippen LogP contribution is 2.66. The predicted octanol–water partition coefficient (Wildman–Crippen LogP) is 4.98. The van der Waals surface area contributed by atoms with E-state index in [2.05, 4.69) is 49.3 Å². The second kappa shape index (κ2) is 5.30. The van der Waals surface area contributed by atoms with Gasteiger partial charge in [-0.05, 0) is 76.0 Å². The van der Waals surface area contributed by atoms with Crippen LogP contribution in [0.25, 0.3) is 0 Å². The lowest BCUT2D eigenvalue weighted by molar-refractivity contribution is -0.125. The van der Waals surface area contributed by atoms with Crippen molar-refractivity contribution in [2.75, 3.05) is 0 Å². The van der Waals surface area contributed by atoms with Crippen molar-refractivity contribution in [3.63, 3.8) is 0 Å². The molecular formula is C18H26Br2N2O. The second-order valence-electron chi connectivity index (χ2n) is 8.76. The molecule has 1 unspecified atom stereocenters. The van der Waals surface area contributed by atoms with Crippen molar-refractivity contribution in [2.45, 2.75) is 68.4 Å². The summed E-state index contributed by atoms with van der Waals surface area (Å²) in [5, 5.41) is 4.68. The third kappa shape index (κ3) is 2.56. The summed E-state index contributed by atoms with van der Waals surface area (Å²) in [6.45, 7) is 4.18. The van der Waals surface area contributed by atoms with Gasteiger partial charge in [-0.2, -0.15) is 5.10 Å². The fourth-order valence-electron chi connectivity index (χ4n) is 5.92. The Hall–Kier alpha value is 0.1000. The lowest BCUT2D eigenvalue weighted by atomic mass is 9.48. The standard InChI is InChI=1S/C18H26Br2N2O/c1-3-14(21-22-15(23)16(2)10-18(16,19)20)17-7-11-4-12(8-17)6-13(5-11)9-17/h11-13H,3-10H2,1-2H3,(H,22,23). The molecule has 1 amide bonds. The van der Waals surface area contributed by atoms with Crippen LogP contribution in [0, 0.1) is 28.6 Å². The van der Waals surface area contributed by atoms with Crippen LogP contribution in [0.3, 0.4) is 0 Å². The number of hydrazone groups is 1. The highest BCUT2D eigenvalue weighted by atomic mass is 79.9. The molecule has 23 heavy (non-hydrogen) atoms. The molecule has 1 atom stereocenters. The molecule has 3 nitrogen and oxygen atoms in total. The highest BCUT2D eigenvalue weighted by molar-refractivity contribution is 9.25. The van der Waals surface area contributed by atoms with Crippen LogP contribution in [0.2, 0.25) is 0 Å². The Morgan fingerprint density at radius 3 is 2.00 bits per heavy atom. The number of alkyl halides is 2. The molecule has 5 rings (SSSR count). The largest absolute Gasteiger partial charge is 0.272 e. The second-order valence-corrected chi connectivity index (χ2v) is 12.5. The number of nitrogens with one attached hydrogen (secondary N) is 1. The van der Waals surface area contributed by atoms with Gasteiger partial charge in [0.1, 0.15) is 0 Å². The van der Waals surface area contributed by atoms with E-state index in [1.165, 1.54) is 44.2 Å². The fraction of sp³-hybridized carbons (Fsp3) is 0.889. The first-order valence-electron chi connectivity index (χ1n) is 9.03. The van der Waals surface area contributed by atoms with E-state index in [1.807, 2.05) is 6.92 Å². The number of carbonyl (C=O) groups is 1. The molecule has 0 spiro atoms. The summed E-state index contributed by atoms with van der Waals surface area (Å²) in [7, 11) is 0. The van der Waals surface area contributed by atoms with Crippen molar-refractivity contribution in [3.05, 3.63) is 0 Å². The van der Waals surface area contributed by atoms with Crippen LogP contribution >= 0.6 is 31.9 Å². The molecule has 0 saturated heterocycles. The van der Waals surface area contributed by atoms with E-state index >= 15 is 0 Å². The van der Waals surface area contributed by atoms with Gasteiger partial charge >= 0.3 is 0 Å². The van der Waals surface area contributed by atoms with Crippen molar-refractivity contribution < 1.29 is 4.79 Å². The van der Waals surface area contributed by atoms with E-state index in [9.17, 15) is 4.79 Å². The van der Waals surface area contributed by atoms with Crippen LogP contribution in [0.15, 0.2) is 5.10 Å². The normalized spacial score (nSPS) is 46.8. The minimum Gasteiger partial charge on any atom is -0.272 e. The number of halogens is 2. The van der Waals surface area contributed by atoms with Gasteiger partial charge in [-0.1, -0.05) is 38.8 Å². The van der Waals surface area contributed by atoms with Gasteiger partial charge in [0.2, 0.25) is 5.91 Å². The zero-order valence-electron chi connectivity index (χ0n) is 14.0. The molecule has 5 saturated carbocycles. The maximum absolute atomic E-state index is 12.5. The van der Waals surface area contributed by atoms with E-state index in [0.29, 0.717) is 5.41 Å². The molecule has 5 aliphatic carbocycles. The minimum atomic E-state index is -0.392. The first-order valence-corrected chi connectivity index (χ1v) is 10.6. The van der Waals surface area contributed by atoms with Crippen LogP contribution in [0.1, 0.15) is 65.2 Å². The summed E-state index contributed by atoms with van der Waals surface area (Å²) in [6.07, 6.45) is 10.00. The monoisotopic (exact) mass is 444 g/mol. The first kappa shape index (κ1) is 16.6. The smallest absolute Gasteiger partial charge is 0.248 e. The van der Waals surface area contributed by atoms with E-state index < -0.39 is 5.41 Å². The molecule has 0 heterocycles. The molecule has 0 radical (unpaired) electrons. The lowest BCUT2D eigenvalue weighted by Crippen LogP contribution is -2.50. The van der Waals surface area contributed by atoms with Crippen LogP contribution < -0.4 is 5.43 Å². The Balaban J connectivity index is 1.52. The Bertz CT molecular complexity index is 536. The van der Waals surface area contributed by atoms with Crippen molar-refractivity contribution in [1.29, 1.82) is 0 Å². The quantitative estimate of drug-likeness (QED) is 0.370. The van der Waals surface area contributed by atoms with Crippen molar-refractivity contribution in [2.24, 2.45) is 33.7 Å². The summed E-state index contributed by atoms with van der Waals surface area (Å²) in [5.74, 6) is 2.76. The third-order valence-corrected chi connectivity index (χ3v) is 9.35. The van der Waals surface area contributed by atoms with Gasteiger partial charge in [0.25, 0.3) is 0 Å². The van der Waals surface area contributed by atoms with Crippen LogP contribution in [-0.4, -0.2) is 14.9 Å².